The van der Waals surface area contributed by atoms with Gasteiger partial charge < -0.3 is 9.64 Å². The summed E-state index contributed by atoms with van der Waals surface area (Å²) in [7, 11) is 4.82. The monoisotopic (exact) mass is 233 g/mol. The number of rotatable bonds is 5. The lowest BCUT2D eigenvalue weighted by molar-refractivity contribution is -0.144. The van der Waals surface area contributed by atoms with Gasteiger partial charge in [-0.1, -0.05) is 6.92 Å². The van der Waals surface area contributed by atoms with Crippen molar-refractivity contribution in [3.05, 3.63) is 0 Å². The SMILES string of the molecule is COC(=O)C(C)CSC(C)C(=O)N(C)C. The molecule has 2 unspecified atom stereocenters. The Bertz CT molecular complexity index is 231. The Labute approximate surface area is 95.3 Å². The second-order valence-electron chi connectivity index (χ2n) is 3.63. The Kier molecular flexibility index (Phi) is 6.40. The molecule has 2 atom stereocenters. The van der Waals surface area contributed by atoms with Gasteiger partial charge in [-0.05, 0) is 6.92 Å². The molecule has 15 heavy (non-hydrogen) atoms. The summed E-state index contributed by atoms with van der Waals surface area (Å²) in [5, 5.41) is -0.118. The van der Waals surface area contributed by atoms with Gasteiger partial charge in [-0.3, -0.25) is 9.59 Å². The van der Waals surface area contributed by atoms with Gasteiger partial charge in [-0.25, -0.2) is 0 Å². The zero-order chi connectivity index (χ0) is 12.0. The molecule has 0 aliphatic heterocycles. The summed E-state index contributed by atoms with van der Waals surface area (Å²) in [6, 6.07) is 0. The first-order chi connectivity index (χ1) is 6.90. The lowest BCUT2D eigenvalue weighted by atomic mass is 10.2. The highest BCUT2D eigenvalue weighted by Gasteiger charge is 2.19. The predicted octanol–water partition coefficient (Wildman–Crippen LogP) is 1.01. The van der Waals surface area contributed by atoms with E-state index in [1.54, 1.807) is 25.9 Å². The molecule has 1 amide bonds. The molecule has 0 aliphatic carbocycles. The second-order valence-corrected chi connectivity index (χ2v) is 5.01. The summed E-state index contributed by atoms with van der Waals surface area (Å²) in [4.78, 5) is 24.1. The van der Waals surface area contributed by atoms with E-state index in [2.05, 4.69) is 4.74 Å². The van der Waals surface area contributed by atoms with Gasteiger partial charge in [-0.2, -0.15) is 0 Å². The van der Waals surface area contributed by atoms with Crippen molar-refractivity contribution < 1.29 is 14.3 Å². The molecule has 0 saturated heterocycles. The average Bonchev–Trinajstić information content (AvgIpc) is 2.22. The number of carbonyl (C=O) groups excluding carboxylic acids is 2. The van der Waals surface area contributed by atoms with E-state index in [0.717, 1.165) is 0 Å². The minimum atomic E-state index is -0.230. The highest BCUT2D eigenvalue weighted by molar-refractivity contribution is 8.00. The van der Waals surface area contributed by atoms with Gasteiger partial charge in [0.2, 0.25) is 5.91 Å². The Morgan fingerprint density at radius 2 is 1.87 bits per heavy atom. The van der Waals surface area contributed by atoms with Gasteiger partial charge in [0, 0.05) is 19.8 Å². The number of hydrogen-bond donors (Lipinski definition) is 0. The summed E-state index contributed by atoms with van der Waals surface area (Å²) >= 11 is 1.47. The summed E-state index contributed by atoms with van der Waals surface area (Å²) in [5.74, 6) is 0.273. The average molecular weight is 233 g/mol. The minimum absolute atomic E-state index is 0.0667. The van der Waals surface area contributed by atoms with E-state index in [1.165, 1.54) is 18.9 Å². The highest BCUT2D eigenvalue weighted by atomic mass is 32.2. The molecule has 0 aromatic rings. The molecule has 0 fully saturated rings. The molecule has 0 radical (unpaired) electrons. The van der Waals surface area contributed by atoms with Crippen LogP contribution in [0.25, 0.3) is 0 Å². The van der Waals surface area contributed by atoms with Crippen molar-refractivity contribution in [2.75, 3.05) is 27.0 Å². The number of carbonyl (C=O) groups is 2. The Balaban J connectivity index is 3.95. The second kappa shape index (κ2) is 6.71. The van der Waals surface area contributed by atoms with Crippen molar-refractivity contribution in [1.82, 2.24) is 4.90 Å². The fourth-order valence-corrected chi connectivity index (χ4v) is 2.06. The maximum Gasteiger partial charge on any atom is 0.309 e. The van der Waals surface area contributed by atoms with E-state index in [0.29, 0.717) is 5.75 Å². The van der Waals surface area contributed by atoms with Crippen LogP contribution in [0.1, 0.15) is 13.8 Å². The molecule has 5 heteroatoms. The number of hydrogen-bond acceptors (Lipinski definition) is 4. The normalized spacial score (nSPS) is 14.2. The van der Waals surface area contributed by atoms with Gasteiger partial charge >= 0.3 is 5.97 Å². The van der Waals surface area contributed by atoms with Gasteiger partial charge in [0.1, 0.15) is 0 Å². The van der Waals surface area contributed by atoms with Crippen molar-refractivity contribution in [3.63, 3.8) is 0 Å². The van der Waals surface area contributed by atoms with Crippen molar-refractivity contribution in [2.24, 2.45) is 5.92 Å². The maximum absolute atomic E-state index is 11.5. The number of esters is 1. The zero-order valence-electron chi connectivity index (χ0n) is 9.94. The topological polar surface area (TPSA) is 46.6 Å². The summed E-state index contributed by atoms with van der Waals surface area (Å²) in [6.07, 6.45) is 0. The zero-order valence-corrected chi connectivity index (χ0v) is 10.8. The Hall–Kier alpha value is -0.710. The first-order valence-corrected chi connectivity index (χ1v) is 5.85. The minimum Gasteiger partial charge on any atom is -0.469 e. The van der Waals surface area contributed by atoms with Crippen LogP contribution in [0.15, 0.2) is 0 Å². The third-order valence-electron chi connectivity index (χ3n) is 1.99. The molecule has 0 bridgehead atoms. The molecule has 0 N–H and O–H groups in total. The fraction of sp³-hybridized carbons (Fsp3) is 0.800. The predicted molar refractivity (Wildman–Crippen MR) is 61.8 cm³/mol. The molecule has 0 aromatic carbocycles. The number of methoxy groups -OCH3 is 1. The number of ether oxygens (including phenoxy) is 1. The van der Waals surface area contributed by atoms with Crippen molar-refractivity contribution in [1.29, 1.82) is 0 Å². The summed E-state index contributed by atoms with van der Waals surface area (Å²) in [5.41, 5.74) is 0. The summed E-state index contributed by atoms with van der Waals surface area (Å²) in [6.45, 7) is 3.64. The third-order valence-corrected chi connectivity index (χ3v) is 3.38. The first-order valence-electron chi connectivity index (χ1n) is 4.80. The van der Waals surface area contributed by atoms with Crippen molar-refractivity contribution in [2.45, 2.75) is 19.1 Å². The molecular formula is C10H19NO3S. The van der Waals surface area contributed by atoms with E-state index < -0.39 is 0 Å². The van der Waals surface area contributed by atoms with Crippen LogP contribution in [0.4, 0.5) is 0 Å². The Morgan fingerprint density at radius 1 is 1.33 bits per heavy atom. The van der Waals surface area contributed by atoms with Crippen LogP contribution in [-0.4, -0.2) is 49.0 Å². The molecule has 0 spiro atoms. The van der Waals surface area contributed by atoms with E-state index in [4.69, 9.17) is 0 Å². The smallest absolute Gasteiger partial charge is 0.309 e. The molecular weight excluding hydrogens is 214 g/mol. The quantitative estimate of drug-likeness (QED) is 0.665. The Morgan fingerprint density at radius 3 is 2.27 bits per heavy atom. The molecule has 88 valence electrons. The van der Waals surface area contributed by atoms with Crippen LogP contribution in [0.3, 0.4) is 0 Å². The van der Waals surface area contributed by atoms with E-state index >= 15 is 0 Å². The van der Waals surface area contributed by atoms with Gasteiger partial charge in [0.25, 0.3) is 0 Å². The third kappa shape index (κ3) is 5.06. The van der Waals surface area contributed by atoms with Gasteiger partial charge in [0.05, 0.1) is 18.3 Å². The number of nitrogens with zero attached hydrogens (tertiary/aromatic N) is 1. The highest BCUT2D eigenvalue weighted by Crippen LogP contribution is 2.16. The van der Waals surface area contributed by atoms with Gasteiger partial charge in [-0.15, -0.1) is 11.8 Å². The van der Waals surface area contributed by atoms with Crippen LogP contribution in [0.2, 0.25) is 0 Å². The molecule has 0 heterocycles. The first kappa shape index (κ1) is 14.3. The van der Waals surface area contributed by atoms with E-state index in [1.807, 2.05) is 6.92 Å². The van der Waals surface area contributed by atoms with Crippen LogP contribution < -0.4 is 0 Å². The standard InChI is InChI=1S/C10H19NO3S/c1-7(10(13)14-5)6-15-8(2)9(12)11(3)4/h7-8H,6H2,1-5H3. The molecule has 0 rings (SSSR count). The molecule has 4 nitrogen and oxygen atoms in total. The fourth-order valence-electron chi connectivity index (χ4n) is 0.993. The van der Waals surface area contributed by atoms with Crippen LogP contribution in [0, 0.1) is 5.92 Å². The van der Waals surface area contributed by atoms with Crippen molar-refractivity contribution in [3.8, 4) is 0 Å². The molecule has 0 aromatic heterocycles. The lowest BCUT2D eigenvalue weighted by Crippen LogP contribution is -2.30. The van der Waals surface area contributed by atoms with Crippen LogP contribution in [-0.2, 0) is 14.3 Å². The van der Waals surface area contributed by atoms with E-state index in [-0.39, 0.29) is 23.0 Å². The lowest BCUT2D eigenvalue weighted by Gasteiger charge is -2.17. The number of amides is 1. The molecule has 0 aliphatic rings. The number of thioether (sulfide) groups is 1. The maximum atomic E-state index is 11.5. The summed E-state index contributed by atoms with van der Waals surface area (Å²) < 4.78 is 4.60. The molecule has 0 saturated carbocycles. The van der Waals surface area contributed by atoms with Crippen LogP contribution in [0.5, 0.6) is 0 Å². The largest absolute Gasteiger partial charge is 0.469 e. The van der Waals surface area contributed by atoms with Crippen molar-refractivity contribution >= 4 is 23.6 Å². The van der Waals surface area contributed by atoms with Crippen LogP contribution >= 0.6 is 11.8 Å². The van der Waals surface area contributed by atoms with E-state index in [9.17, 15) is 9.59 Å². The van der Waals surface area contributed by atoms with Gasteiger partial charge in [0.15, 0.2) is 0 Å².